The summed E-state index contributed by atoms with van der Waals surface area (Å²) in [7, 11) is 3.47. The van der Waals surface area contributed by atoms with Gasteiger partial charge in [-0.15, -0.1) is 0 Å². The van der Waals surface area contributed by atoms with Gasteiger partial charge in [-0.2, -0.15) is 5.10 Å². The van der Waals surface area contributed by atoms with Gasteiger partial charge in [0.05, 0.1) is 6.54 Å². The van der Waals surface area contributed by atoms with Crippen molar-refractivity contribution in [2.45, 2.75) is 65.1 Å². The minimum atomic E-state index is -0.0198. The SMILES string of the molecule is CC(C)NC(=NCC(=O)N(C)C)NC1CCc2nc(C(C)C)nn2C1. The van der Waals surface area contributed by atoms with E-state index in [1.807, 2.05) is 4.68 Å². The highest BCUT2D eigenvalue weighted by Gasteiger charge is 2.23. The summed E-state index contributed by atoms with van der Waals surface area (Å²) in [6.07, 6.45) is 1.86. The van der Waals surface area contributed by atoms with E-state index in [0.717, 1.165) is 31.0 Å². The third-order valence-electron chi connectivity index (χ3n) is 4.03. The Labute approximate surface area is 150 Å². The minimum absolute atomic E-state index is 0.0198. The summed E-state index contributed by atoms with van der Waals surface area (Å²) >= 11 is 0. The molecule has 0 fully saturated rings. The topological polar surface area (TPSA) is 87.4 Å². The van der Waals surface area contributed by atoms with Crippen molar-refractivity contribution >= 4 is 11.9 Å². The maximum Gasteiger partial charge on any atom is 0.243 e. The lowest BCUT2D eigenvalue weighted by molar-refractivity contribution is -0.127. The molecular formula is C17H31N7O. The van der Waals surface area contributed by atoms with Gasteiger partial charge in [0.1, 0.15) is 12.4 Å². The fourth-order valence-corrected chi connectivity index (χ4v) is 2.58. The van der Waals surface area contributed by atoms with E-state index < -0.39 is 0 Å². The number of carbonyl (C=O) groups is 1. The highest BCUT2D eigenvalue weighted by molar-refractivity contribution is 5.85. The number of guanidine groups is 1. The van der Waals surface area contributed by atoms with E-state index in [-0.39, 0.29) is 24.5 Å². The Morgan fingerprint density at radius 1 is 1.36 bits per heavy atom. The molecule has 0 radical (unpaired) electrons. The summed E-state index contributed by atoms with van der Waals surface area (Å²) in [6, 6.07) is 0.451. The second-order valence-electron chi connectivity index (χ2n) is 7.36. The number of carbonyl (C=O) groups excluding carboxylic acids is 1. The fourth-order valence-electron chi connectivity index (χ4n) is 2.58. The van der Waals surface area contributed by atoms with Gasteiger partial charge in [-0.1, -0.05) is 13.8 Å². The summed E-state index contributed by atoms with van der Waals surface area (Å²) in [4.78, 5) is 22.4. The molecule has 1 unspecified atom stereocenters. The molecule has 0 aromatic carbocycles. The molecule has 1 amide bonds. The lowest BCUT2D eigenvalue weighted by atomic mass is 10.1. The molecule has 1 aliphatic heterocycles. The molecule has 25 heavy (non-hydrogen) atoms. The van der Waals surface area contributed by atoms with Crippen LogP contribution in [0, 0.1) is 0 Å². The monoisotopic (exact) mass is 349 g/mol. The van der Waals surface area contributed by atoms with Gasteiger partial charge in [0.15, 0.2) is 11.8 Å². The molecule has 0 spiro atoms. The van der Waals surface area contributed by atoms with Crippen LogP contribution in [0.2, 0.25) is 0 Å². The molecule has 2 N–H and O–H groups in total. The molecule has 1 aliphatic rings. The second kappa shape index (κ2) is 8.31. The summed E-state index contributed by atoms with van der Waals surface area (Å²) in [5, 5.41) is 11.3. The molecule has 1 aromatic heterocycles. The lowest BCUT2D eigenvalue weighted by Gasteiger charge is -2.26. The summed E-state index contributed by atoms with van der Waals surface area (Å²) in [5.41, 5.74) is 0. The summed E-state index contributed by atoms with van der Waals surface area (Å²) in [5.74, 6) is 2.94. The van der Waals surface area contributed by atoms with E-state index in [4.69, 9.17) is 0 Å². The summed E-state index contributed by atoms with van der Waals surface area (Å²) in [6.45, 7) is 9.21. The Balaban J connectivity index is 2.03. The standard InChI is InChI=1S/C17H31N7O/c1-11(2)16-21-14-8-7-13(10-24(14)22-16)20-17(19-12(3)4)18-9-15(25)23(5)6/h11-13H,7-10H2,1-6H3,(H2,18,19,20). The van der Waals surface area contributed by atoms with Crippen LogP contribution in [0.15, 0.2) is 4.99 Å². The lowest BCUT2D eigenvalue weighted by Crippen LogP contribution is -2.49. The van der Waals surface area contributed by atoms with Crippen LogP contribution >= 0.6 is 0 Å². The van der Waals surface area contributed by atoms with Crippen LogP contribution in [0.4, 0.5) is 0 Å². The minimum Gasteiger partial charge on any atom is -0.354 e. The number of hydrogen-bond donors (Lipinski definition) is 2. The number of rotatable bonds is 5. The van der Waals surface area contributed by atoms with Gasteiger partial charge in [-0.05, 0) is 20.3 Å². The Bertz CT molecular complexity index is 619. The van der Waals surface area contributed by atoms with Crippen molar-refractivity contribution in [3.05, 3.63) is 11.6 Å². The molecule has 2 rings (SSSR count). The van der Waals surface area contributed by atoms with Crippen LogP contribution in [0.5, 0.6) is 0 Å². The third kappa shape index (κ3) is 5.44. The maximum absolute atomic E-state index is 11.8. The molecule has 1 atom stereocenters. The number of aromatic nitrogens is 3. The molecule has 8 heteroatoms. The molecule has 8 nitrogen and oxygen atoms in total. The zero-order valence-electron chi connectivity index (χ0n) is 16.2. The first kappa shape index (κ1) is 19.2. The first-order valence-electron chi connectivity index (χ1n) is 8.97. The molecule has 1 aromatic rings. The second-order valence-corrected chi connectivity index (χ2v) is 7.36. The molecular weight excluding hydrogens is 318 g/mol. The highest BCUT2D eigenvalue weighted by Crippen LogP contribution is 2.16. The number of amides is 1. The van der Waals surface area contributed by atoms with Crippen molar-refractivity contribution in [3.63, 3.8) is 0 Å². The number of fused-ring (bicyclic) bond motifs is 1. The number of nitrogens with one attached hydrogen (secondary N) is 2. The van der Waals surface area contributed by atoms with Gasteiger partial charge >= 0.3 is 0 Å². The van der Waals surface area contributed by atoms with Gasteiger partial charge in [0.2, 0.25) is 5.91 Å². The van der Waals surface area contributed by atoms with Crippen molar-refractivity contribution in [3.8, 4) is 0 Å². The number of hydrogen-bond acceptors (Lipinski definition) is 4. The van der Waals surface area contributed by atoms with Gasteiger partial charge in [-0.3, -0.25) is 4.79 Å². The largest absolute Gasteiger partial charge is 0.354 e. The van der Waals surface area contributed by atoms with Gasteiger partial charge in [0, 0.05) is 38.5 Å². The van der Waals surface area contributed by atoms with E-state index >= 15 is 0 Å². The quantitative estimate of drug-likeness (QED) is 0.605. The maximum atomic E-state index is 11.8. The smallest absolute Gasteiger partial charge is 0.243 e. The van der Waals surface area contributed by atoms with E-state index in [9.17, 15) is 4.79 Å². The molecule has 0 saturated heterocycles. The average molecular weight is 349 g/mol. The predicted octanol–water partition coefficient (Wildman–Crippen LogP) is 0.748. The number of nitrogens with zero attached hydrogens (tertiary/aromatic N) is 5. The average Bonchev–Trinajstić information content (AvgIpc) is 2.95. The summed E-state index contributed by atoms with van der Waals surface area (Å²) < 4.78 is 1.99. The Morgan fingerprint density at radius 3 is 2.68 bits per heavy atom. The Kier molecular flexibility index (Phi) is 6.39. The molecule has 2 heterocycles. The van der Waals surface area contributed by atoms with Crippen molar-refractivity contribution in [1.29, 1.82) is 0 Å². The van der Waals surface area contributed by atoms with E-state index in [1.54, 1.807) is 19.0 Å². The first-order chi connectivity index (χ1) is 11.8. The number of likely N-dealkylation sites (N-methyl/N-ethyl adjacent to an activating group) is 1. The highest BCUT2D eigenvalue weighted by atomic mass is 16.2. The normalized spacial score (nSPS) is 17.6. The van der Waals surface area contributed by atoms with Crippen LogP contribution in [0.3, 0.4) is 0 Å². The van der Waals surface area contributed by atoms with Crippen LogP contribution in [0.25, 0.3) is 0 Å². The van der Waals surface area contributed by atoms with Crippen LogP contribution in [0.1, 0.15) is 51.7 Å². The Hall–Kier alpha value is -2.12. The predicted molar refractivity (Wildman–Crippen MR) is 98.6 cm³/mol. The third-order valence-corrected chi connectivity index (χ3v) is 4.03. The zero-order chi connectivity index (χ0) is 18.6. The van der Waals surface area contributed by atoms with E-state index in [1.165, 1.54) is 0 Å². The van der Waals surface area contributed by atoms with Crippen molar-refractivity contribution in [2.24, 2.45) is 4.99 Å². The van der Waals surface area contributed by atoms with Gasteiger partial charge < -0.3 is 15.5 Å². The zero-order valence-corrected chi connectivity index (χ0v) is 16.2. The van der Waals surface area contributed by atoms with Crippen molar-refractivity contribution in [1.82, 2.24) is 30.3 Å². The first-order valence-corrected chi connectivity index (χ1v) is 8.97. The van der Waals surface area contributed by atoms with Crippen molar-refractivity contribution in [2.75, 3.05) is 20.6 Å². The van der Waals surface area contributed by atoms with E-state index in [2.05, 4.69) is 53.4 Å². The van der Waals surface area contributed by atoms with Crippen LogP contribution < -0.4 is 10.6 Å². The van der Waals surface area contributed by atoms with Crippen LogP contribution in [-0.2, 0) is 17.8 Å². The number of aryl methyl sites for hydroxylation is 1. The fraction of sp³-hybridized carbons (Fsp3) is 0.765. The molecule has 0 saturated carbocycles. The molecule has 140 valence electrons. The van der Waals surface area contributed by atoms with Gasteiger partial charge in [-0.25, -0.2) is 14.7 Å². The van der Waals surface area contributed by atoms with Crippen LogP contribution in [-0.4, -0.2) is 64.3 Å². The van der Waals surface area contributed by atoms with Crippen molar-refractivity contribution < 1.29 is 4.79 Å². The molecule has 0 bridgehead atoms. The molecule has 0 aliphatic carbocycles. The van der Waals surface area contributed by atoms with E-state index in [0.29, 0.717) is 11.9 Å². The van der Waals surface area contributed by atoms with Gasteiger partial charge in [0.25, 0.3) is 0 Å². The number of aliphatic imine (C=N–C) groups is 1. The Morgan fingerprint density at radius 2 is 2.08 bits per heavy atom.